The van der Waals surface area contributed by atoms with Crippen LogP contribution in [-0.2, 0) is 6.54 Å². The van der Waals surface area contributed by atoms with Crippen LogP contribution in [0.3, 0.4) is 0 Å². The van der Waals surface area contributed by atoms with Gasteiger partial charge in [-0.05, 0) is 24.5 Å². The molecule has 0 fully saturated rings. The fraction of sp³-hybridized carbons (Fsp3) is 0.300. The summed E-state index contributed by atoms with van der Waals surface area (Å²) in [5.74, 6) is 1.10. The van der Waals surface area contributed by atoms with E-state index < -0.39 is 0 Å². The van der Waals surface area contributed by atoms with Crippen LogP contribution in [0.5, 0.6) is 0 Å². The van der Waals surface area contributed by atoms with Crippen LogP contribution in [0.1, 0.15) is 12.8 Å². The van der Waals surface area contributed by atoms with Crippen LogP contribution >= 0.6 is 0 Å². The zero-order chi connectivity index (χ0) is 8.67. The van der Waals surface area contributed by atoms with Gasteiger partial charge in [0.1, 0.15) is 5.82 Å². The molecule has 1 aromatic rings. The minimum atomic E-state index is 0.953. The second-order valence-electron chi connectivity index (χ2n) is 3.46. The van der Waals surface area contributed by atoms with Gasteiger partial charge in [0.25, 0.3) is 0 Å². The fourth-order valence-corrected chi connectivity index (χ4v) is 1.89. The van der Waals surface area contributed by atoms with Gasteiger partial charge in [0, 0.05) is 11.8 Å². The van der Waals surface area contributed by atoms with Crippen LogP contribution in [0, 0.1) is 0 Å². The van der Waals surface area contributed by atoms with Crippen LogP contribution < -0.4 is 5.32 Å². The Bertz CT molecular complexity index is 398. The average molecular weight is 173 g/mol. The number of rotatable bonds is 0. The topological polar surface area (TPSA) is 29.9 Å². The minimum Gasteiger partial charge on any atom is -0.340 e. The molecule has 0 saturated carbocycles. The lowest BCUT2D eigenvalue weighted by Crippen LogP contribution is -2.18. The summed E-state index contributed by atoms with van der Waals surface area (Å²) >= 11 is 0. The molecular weight excluding hydrogens is 162 g/mol. The molecule has 1 N–H and O–H groups in total. The van der Waals surface area contributed by atoms with Gasteiger partial charge in [0.15, 0.2) is 0 Å². The summed E-state index contributed by atoms with van der Waals surface area (Å²) in [6.45, 7) is 0.953. The molecule has 0 aromatic carbocycles. The predicted molar refractivity (Wildman–Crippen MR) is 51.2 cm³/mol. The summed E-state index contributed by atoms with van der Waals surface area (Å²) in [6, 6.07) is 2.01. The molecule has 0 saturated heterocycles. The number of hydrogen-bond acceptors (Lipinski definition) is 2. The molecular formula is C10H11N3. The van der Waals surface area contributed by atoms with Crippen molar-refractivity contribution in [3.63, 3.8) is 0 Å². The van der Waals surface area contributed by atoms with Gasteiger partial charge in [-0.25, -0.2) is 4.68 Å². The lowest BCUT2D eigenvalue weighted by molar-refractivity contribution is 0.641. The molecule has 2 heterocycles. The van der Waals surface area contributed by atoms with Crippen molar-refractivity contribution in [3.8, 4) is 0 Å². The molecule has 1 aliphatic carbocycles. The monoisotopic (exact) mass is 173 g/mol. The van der Waals surface area contributed by atoms with Crippen molar-refractivity contribution in [2.24, 2.45) is 0 Å². The normalized spacial score (nSPS) is 19.4. The Labute approximate surface area is 76.8 Å². The van der Waals surface area contributed by atoms with E-state index in [1.165, 1.54) is 11.3 Å². The van der Waals surface area contributed by atoms with E-state index in [4.69, 9.17) is 0 Å². The minimum absolute atomic E-state index is 0.953. The molecule has 3 rings (SSSR count). The summed E-state index contributed by atoms with van der Waals surface area (Å²) in [5, 5.41) is 7.62. The average Bonchev–Trinajstić information content (AvgIpc) is 2.61. The molecule has 1 aromatic heterocycles. The maximum atomic E-state index is 4.24. The Hall–Kier alpha value is -1.51. The standard InChI is InChI=1S/C10H11N3/c1-2-4-9-8(3-1)7-13-10(12-9)5-6-11-13/h2,4-6,12H,1,3,7H2. The van der Waals surface area contributed by atoms with E-state index in [9.17, 15) is 0 Å². The van der Waals surface area contributed by atoms with E-state index in [-0.39, 0.29) is 0 Å². The van der Waals surface area contributed by atoms with Crippen LogP contribution in [0.15, 0.2) is 35.7 Å². The first-order valence-corrected chi connectivity index (χ1v) is 4.61. The highest BCUT2D eigenvalue weighted by Crippen LogP contribution is 2.27. The number of nitrogens with zero attached hydrogens (tertiary/aromatic N) is 2. The molecule has 3 nitrogen and oxygen atoms in total. The van der Waals surface area contributed by atoms with Crippen LogP contribution in [0.4, 0.5) is 5.82 Å². The number of aromatic nitrogens is 2. The third-order valence-electron chi connectivity index (χ3n) is 2.60. The second-order valence-corrected chi connectivity index (χ2v) is 3.46. The Morgan fingerprint density at radius 2 is 2.46 bits per heavy atom. The summed E-state index contributed by atoms with van der Waals surface area (Å²) < 4.78 is 2.01. The number of hydrogen-bond donors (Lipinski definition) is 1. The summed E-state index contributed by atoms with van der Waals surface area (Å²) in [6.07, 6.45) is 8.56. The van der Waals surface area contributed by atoms with Gasteiger partial charge >= 0.3 is 0 Å². The Balaban J connectivity index is 2.03. The summed E-state index contributed by atoms with van der Waals surface area (Å²) in [4.78, 5) is 0. The molecule has 0 radical (unpaired) electrons. The fourth-order valence-electron chi connectivity index (χ4n) is 1.89. The zero-order valence-corrected chi connectivity index (χ0v) is 7.33. The van der Waals surface area contributed by atoms with E-state index in [1.54, 1.807) is 0 Å². The molecule has 0 unspecified atom stereocenters. The van der Waals surface area contributed by atoms with Gasteiger partial charge in [0.05, 0.1) is 12.7 Å². The van der Waals surface area contributed by atoms with Crippen molar-refractivity contribution in [1.82, 2.24) is 9.78 Å². The van der Waals surface area contributed by atoms with Crippen molar-refractivity contribution >= 4 is 5.82 Å². The van der Waals surface area contributed by atoms with Gasteiger partial charge in [-0.2, -0.15) is 5.10 Å². The predicted octanol–water partition coefficient (Wildman–Crippen LogP) is 1.91. The first kappa shape index (κ1) is 6.95. The van der Waals surface area contributed by atoms with Crippen LogP contribution in [0.25, 0.3) is 0 Å². The van der Waals surface area contributed by atoms with E-state index in [2.05, 4.69) is 22.6 Å². The van der Waals surface area contributed by atoms with Crippen molar-refractivity contribution in [1.29, 1.82) is 0 Å². The number of anilines is 1. The van der Waals surface area contributed by atoms with Crippen molar-refractivity contribution in [2.45, 2.75) is 19.4 Å². The Morgan fingerprint density at radius 1 is 1.46 bits per heavy atom. The number of allylic oxidation sites excluding steroid dienone is 3. The lowest BCUT2D eigenvalue weighted by atomic mass is 10.0. The maximum Gasteiger partial charge on any atom is 0.129 e. The molecule has 0 amide bonds. The Morgan fingerprint density at radius 3 is 3.46 bits per heavy atom. The second kappa shape index (κ2) is 2.49. The highest BCUT2D eigenvalue weighted by Gasteiger charge is 2.16. The first-order valence-electron chi connectivity index (χ1n) is 4.61. The highest BCUT2D eigenvalue weighted by atomic mass is 15.3. The van der Waals surface area contributed by atoms with Crippen LogP contribution in [-0.4, -0.2) is 9.78 Å². The number of fused-ring (bicyclic) bond motifs is 1. The molecule has 66 valence electrons. The largest absolute Gasteiger partial charge is 0.340 e. The maximum absolute atomic E-state index is 4.24. The van der Waals surface area contributed by atoms with Crippen LogP contribution in [0.2, 0.25) is 0 Å². The molecule has 0 bridgehead atoms. The van der Waals surface area contributed by atoms with Gasteiger partial charge in [-0.3, -0.25) is 0 Å². The van der Waals surface area contributed by atoms with Crippen molar-refractivity contribution < 1.29 is 0 Å². The summed E-state index contributed by atoms with van der Waals surface area (Å²) in [7, 11) is 0. The quantitative estimate of drug-likeness (QED) is 0.649. The van der Waals surface area contributed by atoms with Crippen molar-refractivity contribution in [3.05, 3.63) is 35.7 Å². The molecule has 0 spiro atoms. The van der Waals surface area contributed by atoms with Gasteiger partial charge in [-0.15, -0.1) is 0 Å². The zero-order valence-electron chi connectivity index (χ0n) is 7.33. The SMILES string of the molecule is C1=CC2=C(CC1)Cn1nccc1N2. The highest BCUT2D eigenvalue weighted by molar-refractivity contribution is 5.51. The summed E-state index contributed by atoms with van der Waals surface area (Å²) in [5.41, 5.74) is 2.75. The Kier molecular flexibility index (Phi) is 1.33. The van der Waals surface area contributed by atoms with E-state index in [1.807, 2.05) is 16.9 Å². The molecule has 3 heteroatoms. The molecule has 2 aliphatic rings. The van der Waals surface area contributed by atoms with Gasteiger partial charge in [-0.1, -0.05) is 6.08 Å². The molecule has 13 heavy (non-hydrogen) atoms. The smallest absolute Gasteiger partial charge is 0.129 e. The lowest BCUT2D eigenvalue weighted by Gasteiger charge is -2.23. The third-order valence-corrected chi connectivity index (χ3v) is 2.60. The third kappa shape index (κ3) is 1.00. The molecule has 0 atom stereocenters. The van der Waals surface area contributed by atoms with Gasteiger partial charge < -0.3 is 5.32 Å². The van der Waals surface area contributed by atoms with Gasteiger partial charge in [0.2, 0.25) is 0 Å². The molecule has 1 aliphatic heterocycles. The van der Waals surface area contributed by atoms with E-state index >= 15 is 0 Å². The van der Waals surface area contributed by atoms with Crippen molar-refractivity contribution in [2.75, 3.05) is 5.32 Å². The van der Waals surface area contributed by atoms with E-state index in [0.29, 0.717) is 0 Å². The number of nitrogens with one attached hydrogen (secondary N) is 1. The van der Waals surface area contributed by atoms with E-state index in [0.717, 1.165) is 25.2 Å². The first-order chi connectivity index (χ1) is 6.43.